The highest BCUT2D eigenvalue weighted by Crippen LogP contribution is 2.30. The van der Waals surface area contributed by atoms with Crippen LogP contribution in [0.15, 0.2) is 47.4 Å². The fourth-order valence-electron chi connectivity index (χ4n) is 6.07. The van der Waals surface area contributed by atoms with E-state index in [0.29, 0.717) is 17.5 Å². The largest absolute Gasteiger partial charge is 0.370 e. The number of fused-ring (bicyclic) bond motifs is 1. The summed E-state index contributed by atoms with van der Waals surface area (Å²) in [5.41, 5.74) is 0. The van der Waals surface area contributed by atoms with E-state index in [0.717, 1.165) is 69.3 Å². The molecule has 2 aromatic rings. The number of likely N-dealkylation sites (tertiary alicyclic amines) is 1. The van der Waals surface area contributed by atoms with E-state index in [-0.39, 0.29) is 25.2 Å². The van der Waals surface area contributed by atoms with Crippen molar-refractivity contribution >= 4 is 26.7 Å². The van der Waals surface area contributed by atoms with Crippen LogP contribution in [-0.4, -0.2) is 111 Å². The van der Waals surface area contributed by atoms with Gasteiger partial charge in [0.25, 0.3) is 0 Å². The number of carbonyl (C=O) groups is 1. The molecule has 2 aromatic carbocycles. The van der Waals surface area contributed by atoms with Gasteiger partial charge in [-0.05, 0) is 57.3 Å². The average molecular weight is 529 g/mol. The van der Waals surface area contributed by atoms with E-state index in [9.17, 15) is 13.2 Å². The first-order valence-electron chi connectivity index (χ1n) is 13.7. The van der Waals surface area contributed by atoms with Gasteiger partial charge in [-0.3, -0.25) is 9.69 Å². The summed E-state index contributed by atoms with van der Waals surface area (Å²) < 4.78 is 34.9. The van der Waals surface area contributed by atoms with Crippen LogP contribution in [0.4, 0.5) is 0 Å². The van der Waals surface area contributed by atoms with E-state index in [1.807, 2.05) is 35.2 Å². The fourth-order valence-corrected chi connectivity index (χ4v) is 7.97. The number of benzene rings is 2. The van der Waals surface area contributed by atoms with Crippen LogP contribution in [0.3, 0.4) is 0 Å². The second kappa shape index (κ2) is 11.8. The van der Waals surface area contributed by atoms with E-state index < -0.39 is 10.0 Å². The van der Waals surface area contributed by atoms with Crippen LogP contribution in [0, 0.1) is 0 Å². The minimum absolute atomic E-state index is 0.00213. The van der Waals surface area contributed by atoms with Gasteiger partial charge in [-0.1, -0.05) is 42.8 Å². The zero-order valence-electron chi connectivity index (χ0n) is 21.9. The predicted octanol–water partition coefficient (Wildman–Crippen LogP) is 2.64. The molecule has 0 N–H and O–H groups in total. The van der Waals surface area contributed by atoms with Gasteiger partial charge in [0, 0.05) is 50.2 Å². The molecule has 3 aliphatic heterocycles. The molecule has 5 rings (SSSR count). The van der Waals surface area contributed by atoms with Crippen LogP contribution in [0.25, 0.3) is 10.8 Å². The highest BCUT2D eigenvalue weighted by Gasteiger charge is 2.35. The number of hydrogen-bond acceptors (Lipinski definition) is 6. The van der Waals surface area contributed by atoms with Crippen LogP contribution in [0.5, 0.6) is 0 Å². The Morgan fingerprint density at radius 2 is 1.62 bits per heavy atom. The predicted molar refractivity (Wildman–Crippen MR) is 145 cm³/mol. The number of amides is 1. The van der Waals surface area contributed by atoms with Crippen molar-refractivity contribution < 1.29 is 17.9 Å². The molecule has 3 heterocycles. The molecule has 0 saturated carbocycles. The molecule has 0 radical (unpaired) electrons. The monoisotopic (exact) mass is 528 g/mol. The second-order valence-electron chi connectivity index (χ2n) is 10.7. The fraction of sp³-hybridized carbons (Fsp3) is 0.607. The van der Waals surface area contributed by atoms with E-state index in [2.05, 4.69) is 16.8 Å². The van der Waals surface area contributed by atoms with Crippen LogP contribution < -0.4 is 0 Å². The standard InChI is InChI=1S/C28H40N4O4S/c1-29-15-12-24(13-16-29)30-17-19-31(20-18-30)28(33)22-36-21-25-9-4-5-14-32(25)37(34,35)27-11-6-8-23-7-2-3-10-26(23)27/h2-3,6-8,10-11,24-25H,4-5,9,12-22H2,1H3. The first-order valence-corrected chi connectivity index (χ1v) is 15.2. The Labute approximate surface area is 221 Å². The third-order valence-electron chi connectivity index (χ3n) is 8.32. The third-order valence-corrected chi connectivity index (χ3v) is 10.3. The molecule has 202 valence electrons. The first kappa shape index (κ1) is 26.6. The molecule has 3 saturated heterocycles. The highest BCUT2D eigenvalue weighted by atomic mass is 32.2. The summed E-state index contributed by atoms with van der Waals surface area (Å²) in [6.07, 6.45) is 4.94. The lowest BCUT2D eigenvalue weighted by molar-refractivity contribution is -0.138. The van der Waals surface area contributed by atoms with Crippen LogP contribution in [-0.2, 0) is 19.6 Å². The summed E-state index contributed by atoms with van der Waals surface area (Å²) in [7, 11) is -1.50. The maximum atomic E-state index is 13.7. The number of hydrogen-bond donors (Lipinski definition) is 0. The first-order chi connectivity index (χ1) is 17.9. The molecular weight excluding hydrogens is 488 g/mol. The number of piperidine rings is 2. The number of ether oxygens (including phenoxy) is 1. The number of rotatable bonds is 7. The maximum Gasteiger partial charge on any atom is 0.248 e. The average Bonchev–Trinajstić information content (AvgIpc) is 2.93. The normalized spacial score (nSPS) is 23.5. The molecule has 3 fully saturated rings. The Balaban J connectivity index is 1.15. The van der Waals surface area contributed by atoms with E-state index >= 15 is 0 Å². The summed E-state index contributed by atoms with van der Waals surface area (Å²) in [4.78, 5) is 20.0. The van der Waals surface area contributed by atoms with Crippen molar-refractivity contribution in [1.29, 1.82) is 0 Å². The van der Waals surface area contributed by atoms with Crippen molar-refractivity contribution in [3.05, 3.63) is 42.5 Å². The lowest BCUT2D eigenvalue weighted by atomic mass is 10.0. The smallest absolute Gasteiger partial charge is 0.248 e. The molecule has 0 aliphatic carbocycles. The Bertz CT molecular complexity index is 1170. The summed E-state index contributed by atoms with van der Waals surface area (Å²) in [5, 5.41) is 1.65. The molecule has 9 heteroatoms. The number of nitrogens with zero attached hydrogens (tertiary/aromatic N) is 4. The van der Waals surface area contributed by atoms with Gasteiger partial charge in [-0.15, -0.1) is 0 Å². The van der Waals surface area contributed by atoms with Gasteiger partial charge < -0.3 is 14.5 Å². The van der Waals surface area contributed by atoms with Crippen LogP contribution in [0.1, 0.15) is 32.1 Å². The molecule has 1 amide bonds. The van der Waals surface area contributed by atoms with E-state index in [4.69, 9.17) is 4.74 Å². The van der Waals surface area contributed by atoms with Crippen molar-refractivity contribution in [3.63, 3.8) is 0 Å². The quantitative estimate of drug-likeness (QED) is 0.550. The maximum absolute atomic E-state index is 13.7. The zero-order chi connectivity index (χ0) is 25.8. The van der Waals surface area contributed by atoms with Gasteiger partial charge in [0.05, 0.1) is 11.5 Å². The Hall–Kier alpha value is -2.04. The summed E-state index contributed by atoms with van der Waals surface area (Å²) in [6, 6.07) is 13.4. The number of piperazine rings is 1. The van der Waals surface area contributed by atoms with Crippen molar-refractivity contribution in [2.75, 3.05) is 66.1 Å². The highest BCUT2D eigenvalue weighted by molar-refractivity contribution is 7.89. The molecule has 1 unspecified atom stereocenters. The SMILES string of the molecule is CN1CCC(N2CCN(C(=O)COCC3CCCCN3S(=O)(=O)c3cccc4ccccc34)CC2)CC1. The van der Waals surface area contributed by atoms with Gasteiger partial charge in [0.1, 0.15) is 6.61 Å². The molecule has 8 nitrogen and oxygen atoms in total. The van der Waals surface area contributed by atoms with Crippen molar-refractivity contribution in [3.8, 4) is 0 Å². The Morgan fingerprint density at radius 3 is 2.41 bits per heavy atom. The third kappa shape index (κ3) is 6.01. The van der Waals surface area contributed by atoms with Gasteiger partial charge >= 0.3 is 0 Å². The topological polar surface area (TPSA) is 73.4 Å². The summed E-state index contributed by atoms with van der Waals surface area (Å²) in [5.74, 6) is 0.00213. The molecule has 37 heavy (non-hydrogen) atoms. The van der Waals surface area contributed by atoms with E-state index in [1.165, 1.54) is 12.8 Å². The van der Waals surface area contributed by atoms with Gasteiger partial charge in [-0.2, -0.15) is 4.31 Å². The van der Waals surface area contributed by atoms with E-state index in [1.54, 1.807) is 16.4 Å². The molecule has 0 bridgehead atoms. The van der Waals surface area contributed by atoms with Crippen molar-refractivity contribution in [2.45, 2.75) is 49.1 Å². The minimum Gasteiger partial charge on any atom is -0.370 e. The van der Waals surface area contributed by atoms with Crippen molar-refractivity contribution in [1.82, 2.24) is 19.0 Å². The zero-order valence-corrected chi connectivity index (χ0v) is 22.7. The second-order valence-corrected chi connectivity index (χ2v) is 12.6. The molecule has 0 spiro atoms. The van der Waals surface area contributed by atoms with Gasteiger partial charge in [-0.25, -0.2) is 8.42 Å². The van der Waals surface area contributed by atoms with Crippen LogP contribution >= 0.6 is 0 Å². The Morgan fingerprint density at radius 1 is 0.892 bits per heavy atom. The van der Waals surface area contributed by atoms with Gasteiger partial charge in [0.15, 0.2) is 0 Å². The summed E-state index contributed by atoms with van der Waals surface area (Å²) >= 11 is 0. The molecule has 3 aliphatic rings. The molecule has 1 atom stereocenters. The van der Waals surface area contributed by atoms with Gasteiger partial charge in [0.2, 0.25) is 15.9 Å². The van der Waals surface area contributed by atoms with Crippen molar-refractivity contribution in [2.24, 2.45) is 0 Å². The lowest BCUT2D eigenvalue weighted by Crippen LogP contribution is -2.54. The molecular formula is C28H40N4O4S. The number of carbonyl (C=O) groups excluding carboxylic acids is 1. The Kier molecular flexibility index (Phi) is 8.46. The number of sulfonamides is 1. The minimum atomic E-state index is -3.68. The molecule has 0 aromatic heterocycles. The van der Waals surface area contributed by atoms with Crippen LogP contribution in [0.2, 0.25) is 0 Å². The summed E-state index contributed by atoms with van der Waals surface area (Å²) in [6.45, 7) is 6.32. The lowest BCUT2D eigenvalue weighted by Gasteiger charge is -2.42.